The number of hydrogen-bond acceptors (Lipinski definition) is 12. The normalized spacial score (nSPS) is 16.4. The summed E-state index contributed by atoms with van der Waals surface area (Å²) < 4.78 is 13.7. The zero-order chi connectivity index (χ0) is 46.1. The number of esters is 1. The maximum absolute atomic E-state index is 14.5. The summed E-state index contributed by atoms with van der Waals surface area (Å²) in [6, 6.07) is 16.0. The summed E-state index contributed by atoms with van der Waals surface area (Å²) in [5, 5.41) is 27.8. The van der Waals surface area contributed by atoms with Crippen molar-refractivity contribution in [1.82, 2.24) is 34.6 Å². The van der Waals surface area contributed by atoms with Gasteiger partial charge < -0.3 is 39.9 Å². The van der Waals surface area contributed by atoms with Gasteiger partial charge in [-0.2, -0.15) is 4.68 Å². The largest absolute Gasteiger partial charge is 0.455 e. The van der Waals surface area contributed by atoms with Crippen molar-refractivity contribution in [2.45, 2.75) is 84.2 Å². The first-order valence-corrected chi connectivity index (χ1v) is 21.0. The summed E-state index contributed by atoms with van der Waals surface area (Å²) in [5.41, 5.74) is 0.503. The van der Waals surface area contributed by atoms with Crippen LogP contribution in [0.25, 0.3) is 16.6 Å². The van der Waals surface area contributed by atoms with Gasteiger partial charge in [0.15, 0.2) is 0 Å². The van der Waals surface area contributed by atoms with Crippen LogP contribution in [-0.4, -0.2) is 125 Å². The van der Waals surface area contributed by atoms with E-state index in [4.69, 9.17) is 21.1 Å². The Morgan fingerprint density at radius 1 is 0.844 bits per heavy atom. The van der Waals surface area contributed by atoms with Crippen LogP contribution in [0.5, 0.6) is 0 Å². The lowest BCUT2D eigenvalue weighted by atomic mass is 10.0. The number of aliphatic hydroxyl groups excluding tert-OH is 1. The highest BCUT2D eigenvalue weighted by atomic mass is 35.5. The smallest absolute Gasteiger partial charge is 0.419 e. The minimum atomic E-state index is -1.23. The molecule has 2 fully saturated rings. The third kappa shape index (κ3) is 10.3. The number of anilines is 3. The first-order valence-electron chi connectivity index (χ1n) is 20.7. The number of fused-ring (bicyclic) bond motifs is 1. The number of rotatable bonds is 9. The van der Waals surface area contributed by atoms with Crippen molar-refractivity contribution in [2.24, 2.45) is 0 Å². The summed E-state index contributed by atoms with van der Waals surface area (Å²) in [7, 11) is 0. The number of aliphatic hydroxyl groups is 1. The first kappa shape index (κ1) is 45.2. The number of piperazine rings is 1. The number of aromatic nitrogens is 5. The zero-order valence-electron chi connectivity index (χ0n) is 36.2. The van der Waals surface area contributed by atoms with Crippen molar-refractivity contribution in [3.63, 3.8) is 0 Å². The van der Waals surface area contributed by atoms with Gasteiger partial charge in [-0.25, -0.2) is 19.0 Å². The van der Waals surface area contributed by atoms with Gasteiger partial charge in [-0.3, -0.25) is 14.4 Å². The van der Waals surface area contributed by atoms with E-state index in [1.165, 1.54) is 32.9 Å². The number of piperidine rings is 1. The van der Waals surface area contributed by atoms with Crippen LogP contribution in [-0.2, 0) is 30.3 Å². The van der Waals surface area contributed by atoms with Gasteiger partial charge in [-0.15, -0.1) is 5.10 Å². The highest BCUT2D eigenvalue weighted by Gasteiger charge is 2.41. The predicted molar refractivity (Wildman–Crippen MR) is 235 cm³/mol. The molecule has 19 nitrogen and oxygen atoms in total. The molecule has 2 aliphatic rings. The van der Waals surface area contributed by atoms with Crippen LogP contribution in [0, 0.1) is 0 Å². The molecule has 0 unspecified atom stereocenters. The highest BCUT2D eigenvalue weighted by Crippen LogP contribution is 2.31. The highest BCUT2D eigenvalue weighted by molar-refractivity contribution is 6.41. The molecule has 2 atom stereocenters. The molecule has 2 aromatic heterocycles. The van der Waals surface area contributed by atoms with Gasteiger partial charge in [0.2, 0.25) is 5.91 Å². The van der Waals surface area contributed by atoms with E-state index < -0.39 is 53.1 Å². The van der Waals surface area contributed by atoms with Gasteiger partial charge in [0.25, 0.3) is 0 Å². The summed E-state index contributed by atoms with van der Waals surface area (Å²) >= 11 is 6.35. The van der Waals surface area contributed by atoms with Crippen LogP contribution in [0.4, 0.5) is 26.7 Å². The second-order valence-corrected chi connectivity index (χ2v) is 18.0. The standard InChI is InChI=1S/C44H49ClN10O9/c1-43(2,3)63-40(60)36-22-27-21-30(14-16-32(27)55(36)42(62)64-44(4,5)6)47-37(57)35(20-26-9-12-29(13-10-26)48-41(61)51-17-7-8-31(56)24-51)53-19-18-52(38(58)39(53)59)34-23-28(45)11-15-33(34)54-25-46-49-50-54/h9-16,21-23,25,31,35,56H,7-8,17-20,24H2,1-6H3,(H,47,57)(H,48,61)/t31-,35-/m0/s1. The molecule has 64 heavy (non-hydrogen) atoms. The number of nitrogens with one attached hydrogen (secondary N) is 2. The van der Waals surface area contributed by atoms with Crippen molar-refractivity contribution < 1.29 is 43.3 Å². The molecule has 0 bridgehead atoms. The molecule has 2 aliphatic heterocycles. The van der Waals surface area contributed by atoms with Gasteiger partial charge >= 0.3 is 29.9 Å². The number of halogens is 1. The van der Waals surface area contributed by atoms with Crippen LogP contribution in [0.1, 0.15) is 70.4 Å². The van der Waals surface area contributed by atoms with Gasteiger partial charge in [-0.05, 0) is 125 Å². The van der Waals surface area contributed by atoms with Crippen LogP contribution >= 0.6 is 11.6 Å². The SMILES string of the molecule is CC(C)(C)OC(=O)c1cc2cc(NC(=O)[C@H](Cc3ccc(NC(=O)N4CCC[C@H](O)C4)cc3)N3CCN(c4cc(Cl)ccc4-n4cnnn4)C(=O)C3=O)ccc2n1C(=O)OC(C)(C)C. The molecule has 2 saturated heterocycles. The number of likely N-dealkylation sites (tertiary alicyclic amines) is 1. The fourth-order valence-electron chi connectivity index (χ4n) is 7.49. The van der Waals surface area contributed by atoms with E-state index in [0.29, 0.717) is 52.3 Å². The minimum Gasteiger partial charge on any atom is -0.455 e. The molecular formula is C44H49ClN10O9. The van der Waals surface area contributed by atoms with Crippen molar-refractivity contribution in [3.05, 3.63) is 89.3 Å². The van der Waals surface area contributed by atoms with E-state index in [0.717, 1.165) is 4.57 Å². The predicted octanol–water partition coefficient (Wildman–Crippen LogP) is 5.42. The van der Waals surface area contributed by atoms with Crippen LogP contribution in [0.3, 0.4) is 0 Å². The molecule has 336 valence electrons. The number of ether oxygens (including phenoxy) is 2. The number of amides is 5. The van der Waals surface area contributed by atoms with Crippen molar-refractivity contribution in [2.75, 3.05) is 41.7 Å². The summed E-state index contributed by atoms with van der Waals surface area (Å²) in [5.74, 6) is -3.26. The number of β-amino-alcohol motifs (C(OH)–C–C–N with tert-alkyl or cyclic N) is 1. The third-order valence-corrected chi connectivity index (χ3v) is 10.6. The molecule has 20 heteroatoms. The lowest BCUT2D eigenvalue weighted by Crippen LogP contribution is -2.60. The summed E-state index contributed by atoms with van der Waals surface area (Å²) in [6.07, 6.45) is 1.23. The fourth-order valence-corrected chi connectivity index (χ4v) is 7.66. The van der Waals surface area contributed by atoms with Gasteiger partial charge in [0.05, 0.1) is 23.0 Å². The number of benzene rings is 3. The van der Waals surface area contributed by atoms with Crippen LogP contribution < -0.4 is 15.5 Å². The average Bonchev–Trinajstić information content (AvgIpc) is 3.89. The number of nitrogens with zero attached hydrogens (tertiary/aromatic N) is 8. The van der Waals surface area contributed by atoms with Gasteiger partial charge in [0, 0.05) is 54.4 Å². The molecule has 0 radical (unpaired) electrons. The topological polar surface area (TPSA) is 223 Å². The molecule has 5 aromatic rings. The number of hydrogen-bond donors (Lipinski definition) is 3. The van der Waals surface area contributed by atoms with Gasteiger partial charge in [0.1, 0.15) is 29.3 Å². The Hall–Kier alpha value is -6.86. The van der Waals surface area contributed by atoms with Crippen molar-refractivity contribution in [3.8, 4) is 5.69 Å². The maximum atomic E-state index is 14.5. The molecule has 7 rings (SSSR count). The van der Waals surface area contributed by atoms with Crippen molar-refractivity contribution in [1.29, 1.82) is 0 Å². The van der Waals surface area contributed by atoms with Gasteiger partial charge in [-0.1, -0.05) is 23.7 Å². The molecule has 3 N–H and O–H groups in total. The first-order chi connectivity index (χ1) is 30.2. The Morgan fingerprint density at radius 3 is 2.23 bits per heavy atom. The molecular weight excluding hydrogens is 848 g/mol. The van der Waals surface area contributed by atoms with E-state index in [1.54, 1.807) is 101 Å². The van der Waals surface area contributed by atoms with Crippen LogP contribution in [0.2, 0.25) is 5.02 Å². The Balaban J connectivity index is 1.18. The van der Waals surface area contributed by atoms with Crippen LogP contribution in [0.15, 0.2) is 73.1 Å². The molecule has 0 spiro atoms. The lowest BCUT2D eigenvalue weighted by Gasteiger charge is -2.38. The molecule has 0 aliphatic carbocycles. The van der Waals surface area contributed by atoms with E-state index in [-0.39, 0.29) is 49.2 Å². The fraction of sp³-hybridized carbons (Fsp3) is 0.386. The zero-order valence-corrected chi connectivity index (χ0v) is 37.0. The molecule has 5 amide bonds. The van der Waals surface area contributed by atoms with E-state index in [2.05, 4.69) is 26.2 Å². The Morgan fingerprint density at radius 2 is 1.56 bits per heavy atom. The second kappa shape index (κ2) is 18.1. The summed E-state index contributed by atoms with van der Waals surface area (Å²) in [4.78, 5) is 86.6. The minimum absolute atomic E-state index is 0.0163. The Labute approximate surface area is 373 Å². The monoisotopic (exact) mass is 896 g/mol. The molecule has 4 heterocycles. The molecule has 0 saturated carbocycles. The number of carbonyl (C=O) groups is 6. The average molecular weight is 897 g/mol. The molecule has 3 aromatic carbocycles. The number of tetrazole rings is 1. The second-order valence-electron chi connectivity index (χ2n) is 17.5. The summed E-state index contributed by atoms with van der Waals surface area (Å²) in [6.45, 7) is 10.9. The van der Waals surface area contributed by atoms with E-state index in [1.807, 2.05) is 0 Å². The van der Waals surface area contributed by atoms with Crippen molar-refractivity contribution >= 4 is 75.4 Å². The Kier molecular flexibility index (Phi) is 12.8. The number of carbonyl (C=O) groups excluding carboxylic acids is 6. The number of urea groups is 1. The van der Waals surface area contributed by atoms with E-state index >= 15 is 0 Å². The maximum Gasteiger partial charge on any atom is 0.419 e. The third-order valence-electron chi connectivity index (χ3n) is 10.3. The quantitative estimate of drug-likeness (QED) is 0.125. The van der Waals surface area contributed by atoms with E-state index in [9.17, 15) is 33.9 Å². The Bertz CT molecular complexity index is 2600. The lowest BCUT2D eigenvalue weighted by molar-refractivity contribution is -0.149.